The molecular formula is C13H17N3O6S2. The van der Waals surface area contributed by atoms with Crippen LogP contribution in [0.1, 0.15) is 14.5 Å². The van der Waals surface area contributed by atoms with E-state index < -0.39 is 34.5 Å². The number of ether oxygens (including phenoxy) is 1. The molecule has 11 heteroatoms. The topological polar surface area (TPSA) is 122 Å². The van der Waals surface area contributed by atoms with Gasteiger partial charge in [-0.3, -0.25) is 9.69 Å². The van der Waals surface area contributed by atoms with Crippen molar-refractivity contribution in [1.82, 2.24) is 14.9 Å². The van der Waals surface area contributed by atoms with Gasteiger partial charge in [0.2, 0.25) is 10.0 Å². The van der Waals surface area contributed by atoms with E-state index in [2.05, 4.69) is 10.0 Å². The molecular weight excluding hydrogens is 358 g/mol. The third kappa shape index (κ3) is 5.28. The van der Waals surface area contributed by atoms with E-state index in [-0.39, 0.29) is 13.1 Å². The van der Waals surface area contributed by atoms with Crippen LogP contribution in [0.25, 0.3) is 0 Å². The van der Waals surface area contributed by atoms with Gasteiger partial charge in [-0.25, -0.2) is 22.7 Å². The van der Waals surface area contributed by atoms with Gasteiger partial charge in [-0.05, 0) is 18.6 Å². The van der Waals surface area contributed by atoms with Gasteiger partial charge >= 0.3 is 12.0 Å². The van der Waals surface area contributed by atoms with E-state index in [1.807, 2.05) is 0 Å². The van der Waals surface area contributed by atoms with Gasteiger partial charge in [-0.1, -0.05) is 0 Å². The first-order chi connectivity index (χ1) is 11.3. The molecule has 0 unspecified atom stereocenters. The van der Waals surface area contributed by atoms with Gasteiger partial charge in [0.25, 0.3) is 5.91 Å². The Balaban J connectivity index is 1.80. The Kier molecular flexibility index (Phi) is 5.91. The highest BCUT2D eigenvalue weighted by Crippen LogP contribution is 2.18. The molecule has 1 aromatic heterocycles. The van der Waals surface area contributed by atoms with Crippen molar-refractivity contribution in [2.45, 2.75) is 6.42 Å². The minimum atomic E-state index is -3.25. The second-order valence-electron chi connectivity index (χ2n) is 5.04. The summed E-state index contributed by atoms with van der Waals surface area (Å²) in [5.41, 5.74) is 0. The van der Waals surface area contributed by atoms with Crippen LogP contribution in [0.2, 0.25) is 0 Å². The average Bonchev–Trinajstić information content (AvgIpc) is 3.12. The molecule has 2 rings (SSSR count). The fourth-order valence-corrected chi connectivity index (χ4v) is 3.34. The molecule has 0 atom stereocenters. The Morgan fingerprint density at radius 3 is 2.79 bits per heavy atom. The number of thiophene rings is 1. The van der Waals surface area contributed by atoms with E-state index in [1.165, 1.54) is 0 Å². The predicted octanol–water partition coefficient (Wildman–Crippen LogP) is -0.452. The van der Waals surface area contributed by atoms with Crippen molar-refractivity contribution in [3.63, 3.8) is 0 Å². The maximum Gasteiger partial charge on any atom is 0.348 e. The van der Waals surface area contributed by atoms with Crippen LogP contribution in [0.5, 0.6) is 0 Å². The van der Waals surface area contributed by atoms with Crippen LogP contribution in [0.15, 0.2) is 12.1 Å². The number of nitrogens with zero attached hydrogens (tertiary/aromatic N) is 1. The van der Waals surface area contributed by atoms with Crippen molar-refractivity contribution < 1.29 is 27.5 Å². The van der Waals surface area contributed by atoms with Crippen molar-refractivity contribution >= 4 is 39.3 Å². The second-order valence-corrected chi connectivity index (χ2v) is 8.04. The van der Waals surface area contributed by atoms with Gasteiger partial charge in [0.15, 0.2) is 6.61 Å². The summed E-state index contributed by atoms with van der Waals surface area (Å²) in [5.74, 6) is -1.23. The van der Waals surface area contributed by atoms with Crippen LogP contribution >= 0.6 is 11.3 Å². The van der Waals surface area contributed by atoms with Crippen LogP contribution in [0, 0.1) is 0 Å². The zero-order valence-corrected chi connectivity index (χ0v) is 14.5. The van der Waals surface area contributed by atoms with Crippen molar-refractivity contribution in [3.05, 3.63) is 21.9 Å². The summed E-state index contributed by atoms with van der Waals surface area (Å²) in [4.78, 5) is 37.1. The number of sulfonamides is 1. The average molecular weight is 375 g/mol. The number of urea groups is 1. The molecule has 0 spiro atoms. The zero-order chi connectivity index (χ0) is 17.7. The minimum absolute atomic E-state index is 0.233. The lowest BCUT2D eigenvalue weighted by Crippen LogP contribution is -2.37. The van der Waals surface area contributed by atoms with Gasteiger partial charge in [0, 0.05) is 24.5 Å². The van der Waals surface area contributed by atoms with E-state index in [0.717, 1.165) is 27.4 Å². The van der Waals surface area contributed by atoms with Gasteiger partial charge < -0.3 is 10.1 Å². The molecule has 1 aliphatic heterocycles. The number of imide groups is 1. The minimum Gasteiger partial charge on any atom is -0.451 e. The van der Waals surface area contributed by atoms with E-state index in [4.69, 9.17) is 4.74 Å². The quantitative estimate of drug-likeness (QED) is 0.623. The molecule has 0 aliphatic carbocycles. The molecule has 1 saturated heterocycles. The molecule has 0 radical (unpaired) electrons. The van der Waals surface area contributed by atoms with Gasteiger partial charge in [0.05, 0.1) is 6.26 Å². The molecule has 0 bridgehead atoms. The second kappa shape index (κ2) is 7.73. The van der Waals surface area contributed by atoms with Crippen LogP contribution in [0.3, 0.4) is 0 Å². The lowest BCUT2D eigenvalue weighted by molar-refractivity contribution is -0.130. The normalized spacial score (nSPS) is 14.5. The summed E-state index contributed by atoms with van der Waals surface area (Å²) in [5, 5.41) is 2.48. The monoisotopic (exact) mass is 375 g/mol. The maximum atomic E-state index is 11.9. The van der Waals surface area contributed by atoms with Crippen molar-refractivity contribution in [2.75, 3.05) is 32.5 Å². The van der Waals surface area contributed by atoms with E-state index >= 15 is 0 Å². The fraction of sp³-hybridized carbons (Fsp3) is 0.462. The predicted molar refractivity (Wildman–Crippen MR) is 86.3 cm³/mol. The number of hydrogen-bond donors (Lipinski definition) is 2. The largest absolute Gasteiger partial charge is 0.451 e. The number of carbonyl (C=O) groups is 3. The third-order valence-corrected chi connectivity index (χ3v) is 4.94. The van der Waals surface area contributed by atoms with Gasteiger partial charge in [0.1, 0.15) is 4.88 Å². The zero-order valence-electron chi connectivity index (χ0n) is 12.9. The summed E-state index contributed by atoms with van der Waals surface area (Å²) >= 11 is 1.16. The molecule has 2 heterocycles. The number of esters is 1. The number of rotatable bonds is 7. The van der Waals surface area contributed by atoms with E-state index in [1.54, 1.807) is 12.1 Å². The first-order valence-electron chi connectivity index (χ1n) is 7.05. The number of carbonyl (C=O) groups excluding carboxylic acids is 3. The van der Waals surface area contributed by atoms with Crippen LogP contribution in [0.4, 0.5) is 4.79 Å². The van der Waals surface area contributed by atoms with E-state index in [9.17, 15) is 22.8 Å². The molecule has 0 aromatic carbocycles. The Labute approximate surface area is 143 Å². The Bertz CT molecular complexity index is 743. The number of hydrogen-bond acceptors (Lipinski definition) is 7. The summed E-state index contributed by atoms with van der Waals surface area (Å²) in [6.45, 7) is 0.367. The first kappa shape index (κ1) is 18.4. The van der Waals surface area contributed by atoms with Gasteiger partial charge in [-0.2, -0.15) is 0 Å². The van der Waals surface area contributed by atoms with Crippen LogP contribution in [-0.4, -0.2) is 63.7 Å². The highest BCUT2D eigenvalue weighted by atomic mass is 32.2. The summed E-state index contributed by atoms with van der Waals surface area (Å²) in [7, 11) is -3.25. The molecule has 24 heavy (non-hydrogen) atoms. The summed E-state index contributed by atoms with van der Waals surface area (Å²) < 4.78 is 29.2. The first-order valence-corrected chi connectivity index (χ1v) is 9.76. The van der Waals surface area contributed by atoms with Crippen LogP contribution < -0.4 is 10.0 Å². The lowest BCUT2D eigenvalue weighted by atomic mass is 10.3. The van der Waals surface area contributed by atoms with Crippen molar-refractivity contribution in [2.24, 2.45) is 0 Å². The van der Waals surface area contributed by atoms with Gasteiger partial charge in [-0.15, -0.1) is 11.3 Å². The molecule has 9 nitrogen and oxygen atoms in total. The highest BCUT2D eigenvalue weighted by Gasteiger charge is 2.27. The SMILES string of the molecule is CS(=O)(=O)NCCc1ccc(C(=O)OCC(=O)N2CCNC2=O)s1. The Morgan fingerprint density at radius 1 is 1.42 bits per heavy atom. The molecule has 132 valence electrons. The van der Waals surface area contributed by atoms with Crippen LogP contribution in [-0.2, 0) is 26.0 Å². The third-order valence-electron chi connectivity index (χ3n) is 3.08. The standard InChI is InChI=1S/C13H17N3O6S2/c1-24(20,21)15-5-4-9-2-3-10(23-9)12(18)22-8-11(17)16-7-6-14-13(16)19/h2-3,15H,4-8H2,1H3,(H,14,19). The fourth-order valence-electron chi connectivity index (χ4n) is 1.97. The molecule has 1 aliphatic rings. The molecule has 0 saturated carbocycles. The number of nitrogens with one attached hydrogen (secondary N) is 2. The number of amides is 3. The smallest absolute Gasteiger partial charge is 0.348 e. The molecule has 1 aromatic rings. The molecule has 1 fully saturated rings. The lowest BCUT2D eigenvalue weighted by Gasteiger charge is -2.11. The maximum absolute atomic E-state index is 11.9. The summed E-state index contributed by atoms with van der Waals surface area (Å²) in [6.07, 6.45) is 1.51. The Morgan fingerprint density at radius 2 is 2.17 bits per heavy atom. The Hall–Kier alpha value is -1.98. The summed E-state index contributed by atoms with van der Waals surface area (Å²) in [6, 6.07) is 2.75. The molecule has 3 amide bonds. The van der Waals surface area contributed by atoms with Crippen molar-refractivity contribution in [3.8, 4) is 0 Å². The van der Waals surface area contributed by atoms with E-state index in [0.29, 0.717) is 17.8 Å². The van der Waals surface area contributed by atoms with Crippen molar-refractivity contribution in [1.29, 1.82) is 0 Å². The molecule has 2 N–H and O–H groups in total. The highest BCUT2D eigenvalue weighted by molar-refractivity contribution is 7.88.